The van der Waals surface area contributed by atoms with Crippen molar-refractivity contribution < 1.29 is 9.53 Å². The number of ketones is 1. The van der Waals surface area contributed by atoms with Gasteiger partial charge in [-0.1, -0.05) is 17.7 Å². The van der Waals surface area contributed by atoms with Gasteiger partial charge in [-0.25, -0.2) is 0 Å². The second kappa shape index (κ2) is 6.71. The number of halogens is 1. The van der Waals surface area contributed by atoms with Crippen molar-refractivity contribution in [1.29, 1.82) is 5.26 Å². The van der Waals surface area contributed by atoms with Crippen molar-refractivity contribution in [1.82, 2.24) is 4.57 Å². The number of nitrogen functional groups attached to an aromatic ring is 1. The van der Waals surface area contributed by atoms with Crippen LogP contribution in [0.3, 0.4) is 0 Å². The zero-order valence-corrected chi connectivity index (χ0v) is 14.1. The van der Waals surface area contributed by atoms with Crippen molar-refractivity contribution in [2.24, 2.45) is 0 Å². The molecule has 124 valence electrons. The average Bonchev–Trinajstić information content (AvgIpc) is 2.98. The third-order valence-electron chi connectivity index (χ3n) is 3.82. The highest BCUT2D eigenvalue weighted by atomic mass is 35.5. The summed E-state index contributed by atoms with van der Waals surface area (Å²) < 4.78 is 6.83. The van der Waals surface area contributed by atoms with Gasteiger partial charge in [-0.05, 0) is 36.4 Å². The highest BCUT2D eigenvalue weighted by molar-refractivity contribution is 6.30. The van der Waals surface area contributed by atoms with Crippen LogP contribution >= 0.6 is 11.6 Å². The van der Waals surface area contributed by atoms with Gasteiger partial charge in [-0.2, -0.15) is 5.26 Å². The van der Waals surface area contributed by atoms with E-state index in [2.05, 4.69) is 0 Å². The first-order chi connectivity index (χ1) is 12.0. The monoisotopic (exact) mass is 351 g/mol. The molecule has 0 unspecified atom stereocenters. The highest BCUT2D eigenvalue weighted by Gasteiger charge is 2.22. The number of benzene rings is 2. The quantitative estimate of drug-likeness (QED) is 0.724. The van der Waals surface area contributed by atoms with Crippen LogP contribution in [0.15, 0.2) is 54.7 Å². The van der Waals surface area contributed by atoms with Crippen molar-refractivity contribution in [3.63, 3.8) is 0 Å². The molecule has 0 saturated heterocycles. The molecule has 0 spiro atoms. The predicted molar refractivity (Wildman–Crippen MR) is 96.3 cm³/mol. The number of carbonyl (C=O) groups is 1. The van der Waals surface area contributed by atoms with Crippen molar-refractivity contribution in [3.05, 3.63) is 76.6 Å². The molecule has 0 fully saturated rings. The van der Waals surface area contributed by atoms with Gasteiger partial charge in [0.2, 0.25) is 5.78 Å². The van der Waals surface area contributed by atoms with Crippen LogP contribution < -0.4 is 10.5 Å². The fourth-order valence-electron chi connectivity index (χ4n) is 2.54. The Morgan fingerprint density at radius 1 is 1.24 bits per heavy atom. The Balaban J connectivity index is 2.18. The Kier molecular flexibility index (Phi) is 4.46. The smallest absolute Gasteiger partial charge is 0.211 e. The summed E-state index contributed by atoms with van der Waals surface area (Å²) in [6, 6.07) is 15.7. The first-order valence-corrected chi connectivity index (χ1v) is 7.78. The minimum atomic E-state index is -0.293. The molecule has 0 aliphatic carbocycles. The molecule has 0 amide bonds. The molecule has 1 heterocycles. The van der Waals surface area contributed by atoms with Crippen LogP contribution in [0.25, 0.3) is 5.69 Å². The van der Waals surface area contributed by atoms with Crippen molar-refractivity contribution in [2.75, 3.05) is 12.8 Å². The Morgan fingerprint density at radius 2 is 1.96 bits per heavy atom. The molecule has 0 aliphatic heterocycles. The highest BCUT2D eigenvalue weighted by Crippen LogP contribution is 2.28. The second-order valence-electron chi connectivity index (χ2n) is 5.32. The number of methoxy groups -OCH3 is 1. The summed E-state index contributed by atoms with van der Waals surface area (Å²) in [6.07, 6.45) is 1.55. The second-order valence-corrected chi connectivity index (χ2v) is 5.76. The lowest BCUT2D eigenvalue weighted by atomic mass is 10.1. The van der Waals surface area contributed by atoms with Crippen molar-refractivity contribution in [2.45, 2.75) is 0 Å². The number of rotatable bonds is 4. The standard InChI is InChI=1S/C19H14ClN3O2/c1-25-16-4-2-3-15(9-16)23-11-13(10-21)17(22)18(23)19(24)12-5-7-14(20)8-6-12/h2-9,11H,22H2,1H3. The Bertz CT molecular complexity index is 985. The molecule has 1 aromatic heterocycles. The van der Waals surface area contributed by atoms with Crippen LogP contribution in [-0.4, -0.2) is 17.5 Å². The van der Waals surface area contributed by atoms with Gasteiger partial charge in [0.15, 0.2) is 0 Å². The van der Waals surface area contributed by atoms with E-state index >= 15 is 0 Å². The number of hydrogen-bond donors (Lipinski definition) is 1. The van der Waals surface area contributed by atoms with Crippen LogP contribution in [0, 0.1) is 11.3 Å². The van der Waals surface area contributed by atoms with E-state index in [-0.39, 0.29) is 22.7 Å². The summed E-state index contributed by atoms with van der Waals surface area (Å²) in [5, 5.41) is 9.83. The Labute approximate surface area is 149 Å². The average molecular weight is 352 g/mol. The maximum absolute atomic E-state index is 13.0. The van der Waals surface area contributed by atoms with Crippen LogP contribution in [-0.2, 0) is 0 Å². The summed E-state index contributed by atoms with van der Waals surface area (Å²) in [4.78, 5) is 13.0. The first-order valence-electron chi connectivity index (χ1n) is 7.40. The van der Waals surface area contributed by atoms with Crippen molar-refractivity contribution >= 4 is 23.1 Å². The number of aromatic nitrogens is 1. The molecule has 25 heavy (non-hydrogen) atoms. The molecule has 6 heteroatoms. The number of nitrogens with zero attached hydrogens (tertiary/aromatic N) is 2. The number of nitrogens with two attached hydrogens (primary N) is 1. The van der Waals surface area contributed by atoms with Gasteiger partial charge in [0.1, 0.15) is 17.5 Å². The van der Waals surface area contributed by atoms with E-state index in [4.69, 9.17) is 22.1 Å². The molecule has 3 aromatic rings. The van der Waals surface area contributed by atoms with Crippen LogP contribution in [0.1, 0.15) is 21.6 Å². The molecule has 5 nitrogen and oxygen atoms in total. The molecule has 0 atom stereocenters. The van der Waals surface area contributed by atoms with Crippen molar-refractivity contribution in [3.8, 4) is 17.5 Å². The maximum atomic E-state index is 13.0. The van der Waals surface area contributed by atoms with Crippen LogP contribution in [0.4, 0.5) is 5.69 Å². The summed E-state index contributed by atoms with van der Waals surface area (Å²) >= 11 is 5.88. The van der Waals surface area contributed by atoms with Gasteiger partial charge in [0.05, 0.1) is 18.4 Å². The number of nitriles is 1. The van der Waals surface area contributed by atoms with E-state index < -0.39 is 0 Å². The Morgan fingerprint density at radius 3 is 2.60 bits per heavy atom. The van der Waals surface area contributed by atoms with E-state index in [1.54, 1.807) is 60.3 Å². The largest absolute Gasteiger partial charge is 0.497 e. The zero-order valence-electron chi connectivity index (χ0n) is 13.4. The lowest BCUT2D eigenvalue weighted by Crippen LogP contribution is -2.11. The molecular formula is C19H14ClN3O2. The fourth-order valence-corrected chi connectivity index (χ4v) is 2.67. The predicted octanol–water partition coefficient (Wildman–Crippen LogP) is 3.82. The number of hydrogen-bond acceptors (Lipinski definition) is 4. The van der Waals surface area contributed by atoms with Gasteiger partial charge >= 0.3 is 0 Å². The summed E-state index contributed by atoms with van der Waals surface area (Å²) in [6.45, 7) is 0. The minimum absolute atomic E-state index is 0.144. The summed E-state index contributed by atoms with van der Waals surface area (Å²) in [5.41, 5.74) is 7.78. The number of carbonyl (C=O) groups excluding carboxylic acids is 1. The van der Waals surface area contributed by atoms with E-state index in [0.717, 1.165) is 0 Å². The van der Waals surface area contributed by atoms with E-state index in [1.807, 2.05) is 12.1 Å². The molecular weight excluding hydrogens is 338 g/mol. The summed E-state index contributed by atoms with van der Waals surface area (Å²) in [7, 11) is 1.56. The SMILES string of the molecule is COc1cccc(-n2cc(C#N)c(N)c2C(=O)c2ccc(Cl)cc2)c1. The molecule has 3 rings (SSSR count). The topological polar surface area (TPSA) is 81.0 Å². The number of anilines is 1. The maximum Gasteiger partial charge on any atom is 0.211 e. The number of ether oxygens (including phenoxy) is 1. The zero-order chi connectivity index (χ0) is 18.0. The molecule has 0 aliphatic rings. The van der Waals surface area contributed by atoms with E-state index in [1.165, 1.54) is 0 Å². The third kappa shape index (κ3) is 3.08. The molecule has 0 bridgehead atoms. The van der Waals surface area contributed by atoms with Gasteiger partial charge < -0.3 is 15.0 Å². The lowest BCUT2D eigenvalue weighted by Gasteiger charge is -2.11. The fraction of sp³-hybridized carbons (Fsp3) is 0.0526. The van der Waals surface area contributed by atoms with Gasteiger partial charge in [-0.15, -0.1) is 0 Å². The van der Waals surface area contributed by atoms with Gasteiger partial charge in [0, 0.05) is 28.5 Å². The molecule has 0 radical (unpaired) electrons. The van der Waals surface area contributed by atoms with E-state index in [9.17, 15) is 10.1 Å². The summed E-state index contributed by atoms with van der Waals surface area (Å²) in [5.74, 6) is 0.339. The lowest BCUT2D eigenvalue weighted by molar-refractivity contribution is 0.103. The molecule has 2 aromatic carbocycles. The third-order valence-corrected chi connectivity index (χ3v) is 4.07. The van der Waals surface area contributed by atoms with Gasteiger partial charge in [-0.3, -0.25) is 4.79 Å². The minimum Gasteiger partial charge on any atom is -0.497 e. The first kappa shape index (κ1) is 16.6. The molecule has 0 saturated carbocycles. The Hall–Kier alpha value is -3.23. The van der Waals surface area contributed by atoms with E-state index in [0.29, 0.717) is 22.0 Å². The van der Waals surface area contributed by atoms with Crippen LogP contribution in [0.2, 0.25) is 5.02 Å². The normalized spacial score (nSPS) is 10.3. The van der Waals surface area contributed by atoms with Crippen LogP contribution in [0.5, 0.6) is 5.75 Å². The molecule has 2 N–H and O–H groups in total. The van der Waals surface area contributed by atoms with Gasteiger partial charge in [0.25, 0.3) is 0 Å².